The number of alkyl halides is 3. The molecular formula is C6H12F3NO. The Labute approximate surface area is 63.5 Å². The lowest BCUT2D eigenvalue weighted by Gasteiger charge is -2.06. The highest BCUT2D eigenvalue weighted by molar-refractivity contribution is 4.46. The largest absolute Gasteiger partial charge is 0.411 e. The van der Waals surface area contributed by atoms with Crippen LogP contribution in [0.5, 0.6) is 0 Å². The van der Waals surface area contributed by atoms with Gasteiger partial charge in [0.25, 0.3) is 0 Å². The van der Waals surface area contributed by atoms with Crippen LogP contribution in [0.1, 0.15) is 12.8 Å². The molecule has 0 rings (SSSR count). The van der Waals surface area contributed by atoms with Gasteiger partial charge in [0.2, 0.25) is 0 Å². The predicted molar refractivity (Wildman–Crippen MR) is 35.2 cm³/mol. The third kappa shape index (κ3) is 9.71. The number of hydrogen-bond donors (Lipinski definition) is 1. The monoisotopic (exact) mass is 171 g/mol. The van der Waals surface area contributed by atoms with Crippen LogP contribution in [0.4, 0.5) is 13.2 Å². The highest BCUT2D eigenvalue weighted by atomic mass is 19.4. The number of ether oxygens (including phenoxy) is 1. The fraction of sp³-hybridized carbons (Fsp3) is 1.00. The van der Waals surface area contributed by atoms with E-state index in [1.807, 2.05) is 0 Å². The first-order chi connectivity index (χ1) is 5.06. The molecule has 0 heterocycles. The molecule has 0 unspecified atom stereocenters. The van der Waals surface area contributed by atoms with Crippen LogP contribution in [0.2, 0.25) is 0 Å². The summed E-state index contributed by atoms with van der Waals surface area (Å²) in [6.45, 7) is -0.524. The number of unbranched alkanes of at least 4 members (excludes halogenated alkanes) is 1. The molecule has 0 bridgehead atoms. The van der Waals surface area contributed by atoms with Gasteiger partial charge in [0.05, 0.1) is 0 Å². The van der Waals surface area contributed by atoms with E-state index in [0.717, 1.165) is 0 Å². The second-order valence-corrected chi connectivity index (χ2v) is 2.16. The fourth-order valence-electron chi connectivity index (χ4n) is 0.536. The van der Waals surface area contributed by atoms with Crippen molar-refractivity contribution in [2.45, 2.75) is 19.0 Å². The van der Waals surface area contributed by atoms with Crippen molar-refractivity contribution >= 4 is 0 Å². The van der Waals surface area contributed by atoms with Crippen molar-refractivity contribution in [2.24, 2.45) is 5.73 Å². The minimum atomic E-state index is -4.21. The number of hydrogen-bond acceptors (Lipinski definition) is 2. The van der Waals surface area contributed by atoms with Crippen molar-refractivity contribution in [1.29, 1.82) is 0 Å². The van der Waals surface area contributed by atoms with Gasteiger partial charge >= 0.3 is 6.18 Å². The molecule has 68 valence electrons. The lowest BCUT2D eigenvalue weighted by Crippen LogP contribution is -2.17. The first-order valence-corrected chi connectivity index (χ1v) is 3.41. The molecule has 0 saturated carbocycles. The second kappa shape index (κ2) is 5.37. The van der Waals surface area contributed by atoms with E-state index >= 15 is 0 Å². The Morgan fingerprint density at radius 3 is 2.27 bits per heavy atom. The topological polar surface area (TPSA) is 35.2 Å². The average molecular weight is 171 g/mol. The molecule has 0 fully saturated rings. The predicted octanol–water partition coefficient (Wildman–Crippen LogP) is 1.30. The zero-order chi connectivity index (χ0) is 8.74. The van der Waals surface area contributed by atoms with Crippen LogP contribution in [-0.2, 0) is 4.74 Å². The van der Waals surface area contributed by atoms with Crippen molar-refractivity contribution < 1.29 is 17.9 Å². The summed E-state index contributed by atoms with van der Waals surface area (Å²) in [5.41, 5.74) is 5.12. The summed E-state index contributed by atoms with van der Waals surface area (Å²) in [7, 11) is 0. The lowest BCUT2D eigenvalue weighted by atomic mass is 10.3. The summed E-state index contributed by atoms with van der Waals surface area (Å²) in [6.07, 6.45) is -2.91. The summed E-state index contributed by atoms with van der Waals surface area (Å²) in [4.78, 5) is 0. The zero-order valence-electron chi connectivity index (χ0n) is 6.16. The summed E-state index contributed by atoms with van der Waals surface area (Å²) in [6, 6.07) is 0. The molecule has 0 amide bonds. The Hall–Kier alpha value is -0.290. The molecule has 0 radical (unpaired) electrons. The van der Waals surface area contributed by atoms with E-state index in [4.69, 9.17) is 5.73 Å². The molecule has 0 aliphatic heterocycles. The van der Waals surface area contributed by atoms with Crippen molar-refractivity contribution in [3.8, 4) is 0 Å². The van der Waals surface area contributed by atoms with Gasteiger partial charge in [0.1, 0.15) is 6.61 Å². The maximum absolute atomic E-state index is 11.4. The molecule has 0 aliphatic rings. The summed E-state index contributed by atoms with van der Waals surface area (Å²) in [5.74, 6) is 0. The van der Waals surface area contributed by atoms with Gasteiger partial charge in [0, 0.05) is 6.61 Å². The molecule has 0 aromatic rings. The van der Waals surface area contributed by atoms with E-state index in [0.29, 0.717) is 19.4 Å². The van der Waals surface area contributed by atoms with E-state index in [2.05, 4.69) is 4.74 Å². The smallest absolute Gasteiger partial charge is 0.372 e. The van der Waals surface area contributed by atoms with Crippen LogP contribution in [-0.4, -0.2) is 25.9 Å². The van der Waals surface area contributed by atoms with Gasteiger partial charge in [-0.15, -0.1) is 0 Å². The first kappa shape index (κ1) is 10.7. The Morgan fingerprint density at radius 2 is 1.82 bits per heavy atom. The molecule has 0 aliphatic carbocycles. The van der Waals surface area contributed by atoms with E-state index in [9.17, 15) is 13.2 Å². The Morgan fingerprint density at radius 1 is 1.18 bits per heavy atom. The minimum Gasteiger partial charge on any atom is -0.372 e. The molecule has 0 aromatic carbocycles. The third-order valence-electron chi connectivity index (χ3n) is 1.01. The second-order valence-electron chi connectivity index (χ2n) is 2.16. The SMILES string of the molecule is NCCCCOCC(F)(F)F. The van der Waals surface area contributed by atoms with Gasteiger partial charge < -0.3 is 10.5 Å². The minimum absolute atomic E-state index is 0.136. The molecule has 0 spiro atoms. The lowest BCUT2D eigenvalue weighted by molar-refractivity contribution is -0.174. The fourth-order valence-corrected chi connectivity index (χ4v) is 0.536. The van der Waals surface area contributed by atoms with Crippen LogP contribution in [0.25, 0.3) is 0 Å². The maximum atomic E-state index is 11.4. The van der Waals surface area contributed by atoms with E-state index in [1.165, 1.54) is 0 Å². The number of nitrogens with two attached hydrogens (primary N) is 1. The van der Waals surface area contributed by atoms with Crippen LogP contribution in [0.3, 0.4) is 0 Å². The summed E-state index contributed by atoms with van der Waals surface area (Å²) < 4.78 is 38.6. The Kier molecular flexibility index (Phi) is 5.23. The molecule has 2 nitrogen and oxygen atoms in total. The highest BCUT2D eigenvalue weighted by Crippen LogP contribution is 2.14. The van der Waals surface area contributed by atoms with Crippen molar-refractivity contribution in [3.05, 3.63) is 0 Å². The van der Waals surface area contributed by atoms with Crippen LogP contribution in [0.15, 0.2) is 0 Å². The molecule has 5 heteroatoms. The summed E-state index contributed by atoms with van der Waals surface area (Å²) >= 11 is 0. The normalized spacial score (nSPS) is 12.0. The van der Waals surface area contributed by atoms with Crippen molar-refractivity contribution in [3.63, 3.8) is 0 Å². The van der Waals surface area contributed by atoms with Gasteiger partial charge in [-0.25, -0.2) is 0 Å². The molecule has 0 atom stereocenters. The third-order valence-corrected chi connectivity index (χ3v) is 1.01. The highest BCUT2D eigenvalue weighted by Gasteiger charge is 2.26. The van der Waals surface area contributed by atoms with Crippen LogP contribution in [0, 0.1) is 0 Å². The van der Waals surface area contributed by atoms with Crippen LogP contribution < -0.4 is 5.73 Å². The van der Waals surface area contributed by atoms with Gasteiger partial charge in [-0.2, -0.15) is 13.2 Å². The molecule has 11 heavy (non-hydrogen) atoms. The van der Waals surface area contributed by atoms with Gasteiger partial charge in [0.15, 0.2) is 0 Å². The van der Waals surface area contributed by atoms with Crippen molar-refractivity contribution in [1.82, 2.24) is 0 Å². The zero-order valence-corrected chi connectivity index (χ0v) is 6.16. The molecule has 0 saturated heterocycles. The molecular weight excluding hydrogens is 159 g/mol. The van der Waals surface area contributed by atoms with Crippen LogP contribution >= 0.6 is 0 Å². The van der Waals surface area contributed by atoms with E-state index in [-0.39, 0.29) is 6.61 Å². The molecule has 0 aromatic heterocycles. The molecule has 2 N–H and O–H groups in total. The first-order valence-electron chi connectivity index (χ1n) is 3.41. The van der Waals surface area contributed by atoms with Gasteiger partial charge in [-0.3, -0.25) is 0 Å². The Bertz CT molecular complexity index is 94.3. The standard InChI is InChI=1S/C6H12F3NO/c7-6(8,9)5-11-4-2-1-3-10/h1-5,10H2. The van der Waals surface area contributed by atoms with Gasteiger partial charge in [-0.05, 0) is 19.4 Å². The maximum Gasteiger partial charge on any atom is 0.411 e. The number of halogens is 3. The quantitative estimate of drug-likeness (QED) is 0.633. The van der Waals surface area contributed by atoms with E-state index < -0.39 is 12.8 Å². The average Bonchev–Trinajstić information content (AvgIpc) is 1.85. The summed E-state index contributed by atoms with van der Waals surface area (Å²) in [5, 5.41) is 0. The van der Waals surface area contributed by atoms with E-state index in [1.54, 1.807) is 0 Å². The number of rotatable bonds is 5. The van der Waals surface area contributed by atoms with Crippen molar-refractivity contribution in [2.75, 3.05) is 19.8 Å². The van der Waals surface area contributed by atoms with Gasteiger partial charge in [-0.1, -0.05) is 0 Å². The Balaban J connectivity index is 3.02.